The number of carbonyl (C=O) groups is 1. The topological polar surface area (TPSA) is 36.0 Å². The van der Waals surface area contributed by atoms with Crippen LogP contribution in [0.25, 0.3) is 0 Å². The average Bonchev–Trinajstić information content (AvgIpc) is 2.49. The number of carbonyl (C=O) groups excluding carboxylic acids is 1. The second kappa shape index (κ2) is 9.04. The number of piperidine rings is 1. The monoisotopic (exact) mass is 341 g/mol. The largest absolute Gasteiger partial charge is 0.444 e. The zero-order chi connectivity index (χ0) is 18.4. The van der Waals surface area contributed by atoms with Crippen LogP contribution in [0.2, 0.25) is 0 Å². The third-order valence-electron chi connectivity index (χ3n) is 5.19. The molecule has 5 heteroatoms. The van der Waals surface area contributed by atoms with Crippen LogP contribution in [-0.4, -0.2) is 79.3 Å². The number of ether oxygens (including phenoxy) is 1. The molecule has 1 heterocycles. The summed E-state index contributed by atoms with van der Waals surface area (Å²) in [7, 11) is 6.27. The molecule has 1 fully saturated rings. The van der Waals surface area contributed by atoms with Crippen molar-refractivity contribution >= 4 is 6.09 Å². The Balaban J connectivity index is 2.41. The van der Waals surface area contributed by atoms with E-state index in [4.69, 9.17) is 4.74 Å². The van der Waals surface area contributed by atoms with Gasteiger partial charge in [-0.3, -0.25) is 0 Å². The summed E-state index contributed by atoms with van der Waals surface area (Å²) >= 11 is 0. The normalized spacial score (nSPS) is 18.7. The van der Waals surface area contributed by atoms with Crippen molar-refractivity contribution in [3.8, 4) is 0 Å². The predicted octanol–water partition coefficient (Wildman–Crippen LogP) is 3.44. The molecule has 0 atom stereocenters. The quantitative estimate of drug-likeness (QED) is 0.711. The molecule has 1 aliphatic rings. The summed E-state index contributed by atoms with van der Waals surface area (Å²) in [5, 5.41) is 0. The van der Waals surface area contributed by atoms with E-state index >= 15 is 0 Å². The zero-order valence-corrected chi connectivity index (χ0v) is 17.0. The van der Waals surface area contributed by atoms with E-state index in [0.717, 1.165) is 26.2 Å². The second-order valence-corrected chi connectivity index (χ2v) is 8.47. The van der Waals surface area contributed by atoms with Crippen LogP contribution in [0.5, 0.6) is 0 Å². The molecular weight excluding hydrogens is 302 g/mol. The summed E-state index contributed by atoms with van der Waals surface area (Å²) in [6, 6.07) is 0. The fourth-order valence-corrected chi connectivity index (χ4v) is 3.34. The SMILES string of the molecule is CCCCC1(N(C)C)CCN(CCN(C)C(=O)OC(C)(C)C)CC1. The lowest BCUT2D eigenvalue weighted by Gasteiger charge is -2.46. The van der Waals surface area contributed by atoms with Gasteiger partial charge in [-0.05, 0) is 67.2 Å². The van der Waals surface area contributed by atoms with E-state index in [9.17, 15) is 4.79 Å². The Bertz CT molecular complexity index is 383. The van der Waals surface area contributed by atoms with Gasteiger partial charge in [0.15, 0.2) is 0 Å². The van der Waals surface area contributed by atoms with Crippen LogP contribution in [0, 0.1) is 0 Å². The number of hydrogen-bond donors (Lipinski definition) is 0. The van der Waals surface area contributed by atoms with Gasteiger partial charge in [-0.15, -0.1) is 0 Å². The van der Waals surface area contributed by atoms with Gasteiger partial charge < -0.3 is 19.4 Å². The first kappa shape index (κ1) is 21.2. The minimum absolute atomic E-state index is 0.231. The summed E-state index contributed by atoms with van der Waals surface area (Å²) < 4.78 is 5.41. The van der Waals surface area contributed by atoms with E-state index in [0.29, 0.717) is 5.54 Å². The Morgan fingerprint density at radius 1 is 1.17 bits per heavy atom. The molecule has 1 saturated heterocycles. The Labute approximate surface area is 149 Å². The molecular formula is C19H39N3O2. The summed E-state index contributed by atoms with van der Waals surface area (Å²) in [6.07, 6.45) is 6.07. The first-order chi connectivity index (χ1) is 11.1. The van der Waals surface area contributed by atoms with Crippen molar-refractivity contribution in [2.24, 2.45) is 0 Å². The number of unbranched alkanes of at least 4 members (excludes halogenated alkanes) is 1. The Kier molecular flexibility index (Phi) is 8.00. The van der Waals surface area contributed by atoms with Crippen LogP contribution in [-0.2, 0) is 4.74 Å². The maximum absolute atomic E-state index is 12.0. The van der Waals surface area contributed by atoms with Gasteiger partial charge in [0.1, 0.15) is 5.60 Å². The van der Waals surface area contributed by atoms with Gasteiger partial charge in [0.05, 0.1) is 0 Å². The molecule has 0 spiro atoms. The van der Waals surface area contributed by atoms with E-state index in [2.05, 4.69) is 30.8 Å². The van der Waals surface area contributed by atoms with Crippen molar-refractivity contribution in [2.45, 2.75) is 70.9 Å². The van der Waals surface area contributed by atoms with Crippen molar-refractivity contribution in [1.29, 1.82) is 0 Å². The van der Waals surface area contributed by atoms with Gasteiger partial charge in [0, 0.05) is 25.7 Å². The molecule has 142 valence electrons. The average molecular weight is 342 g/mol. The minimum Gasteiger partial charge on any atom is -0.444 e. The third-order valence-corrected chi connectivity index (χ3v) is 5.19. The van der Waals surface area contributed by atoms with Gasteiger partial charge in [0.25, 0.3) is 0 Å². The second-order valence-electron chi connectivity index (χ2n) is 8.47. The van der Waals surface area contributed by atoms with E-state index in [1.165, 1.54) is 32.1 Å². The van der Waals surface area contributed by atoms with Crippen LogP contribution >= 0.6 is 0 Å². The van der Waals surface area contributed by atoms with E-state index in [1.807, 2.05) is 27.8 Å². The molecule has 0 bridgehead atoms. The summed E-state index contributed by atoms with van der Waals surface area (Å²) in [5.41, 5.74) is -0.0648. The van der Waals surface area contributed by atoms with Crippen LogP contribution in [0.1, 0.15) is 59.8 Å². The highest BCUT2D eigenvalue weighted by molar-refractivity contribution is 5.67. The van der Waals surface area contributed by atoms with Crippen molar-refractivity contribution in [3.63, 3.8) is 0 Å². The standard InChI is InChI=1S/C19H39N3O2/c1-8-9-10-19(20(5)6)11-13-22(14-12-19)16-15-21(7)17(23)24-18(2,3)4/h8-16H2,1-7H3. The lowest BCUT2D eigenvalue weighted by Crippen LogP contribution is -2.53. The highest BCUT2D eigenvalue weighted by Crippen LogP contribution is 2.32. The molecule has 0 aliphatic carbocycles. The fourth-order valence-electron chi connectivity index (χ4n) is 3.34. The lowest BCUT2D eigenvalue weighted by molar-refractivity contribution is 0.0226. The van der Waals surface area contributed by atoms with Gasteiger partial charge in [-0.1, -0.05) is 19.8 Å². The highest BCUT2D eigenvalue weighted by Gasteiger charge is 2.35. The molecule has 1 amide bonds. The van der Waals surface area contributed by atoms with E-state index in [1.54, 1.807) is 4.90 Å². The van der Waals surface area contributed by atoms with E-state index < -0.39 is 5.60 Å². The van der Waals surface area contributed by atoms with Crippen LogP contribution in [0.3, 0.4) is 0 Å². The maximum atomic E-state index is 12.0. The number of amides is 1. The minimum atomic E-state index is -0.430. The maximum Gasteiger partial charge on any atom is 0.410 e. The summed E-state index contributed by atoms with van der Waals surface area (Å²) in [6.45, 7) is 11.9. The van der Waals surface area contributed by atoms with E-state index in [-0.39, 0.29) is 6.09 Å². The van der Waals surface area contributed by atoms with Crippen molar-refractivity contribution in [3.05, 3.63) is 0 Å². The molecule has 0 saturated carbocycles. The van der Waals surface area contributed by atoms with Crippen LogP contribution in [0.4, 0.5) is 4.79 Å². The molecule has 0 unspecified atom stereocenters. The molecule has 0 aromatic carbocycles. The zero-order valence-electron chi connectivity index (χ0n) is 17.0. The molecule has 0 radical (unpaired) electrons. The smallest absolute Gasteiger partial charge is 0.410 e. The first-order valence-corrected chi connectivity index (χ1v) is 9.43. The van der Waals surface area contributed by atoms with Gasteiger partial charge >= 0.3 is 6.09 Å². The molecule has 5 nitrogen and oxygen atoms in total. The van der Waals surface area contributed by atoms with Crippen molar-refractivity contribution in [2.75, 3.05) is 47.3 Å². The third kappa shape index (κ3) is 6.60. The number of hydrogen-bond acceptors (Lipinski definition) is 4. The molecule has 0 aromatic heterocycles. The first-order valence-electron chi connectivity index (χ1n) is 9.43. The highest BCUT2D eigenvalue weighted by atomic mass is 16.6. The van der Waals surface area contributed by atoms with Gasteiger partial charge in [-0.25, -0.2) is 4.79 Å². The number of likely N-dealkylation sites (N-methyl/N-ethyl adjacent to an activating group) is 1. The van der Waals surface area contributed by atoms with Gasteiger partial charge in [0.2, 0.25) is 0 Å². The summed E-state index contributed by atoms with van der Waals surface area (Å²) in [4.78, 5) is 18.6. The molecule has 24 heavy (non-hydrogen) atoms. The Morgan fingerprint density at radius 3 is 2.21 bits per heavy atom. The number of rotatable bonds is 7. The molecule has 1 aliphatic heterocycles. The summed E-state index contributed by atoms with van der Waals surface area (Å²) in [5.74, 6) is 0. The molecule has 0 N–H and O–H groups in total. The van der Waals surface area contributed by atoms with Crippen molar-refractivity contribution in [1.82, 2.24) is 14.7 Å². The Hall–Kier alpha value is -0.810. The predicted molar refractivity (Wildman–Crippen MR) is 100 cm³/mol. The lowest BCUT2D eigenvalue weighted by atomic mass is 9.82. The molecule has 1 rings (SSSR count). The number of nitrogens with zero attached hydrogens (tertiary/aromatic N) is 3. The van der Waals surface area contributed by atoms with Crippen LogP contribution < -0.4 is 0 Å². The van der Waals surface area contributed by atoms with Gasteiger partial charge in [-0.2, -0.15) is 0 Å². The van der Waals surface area contributed by atoms with Crippen molar-refractivity contribution < 1.29 is 9.53 Å². The fraction of sp³-hybridized carbons (Fsp3) is 0.947. The molecule has 0 aromatic rings. The van der Waals surface area contributed by atoms with Crippen LogP contribution in [0.15, 0.2) is 0 Å². The Morgan fingerprint density at radius 2 is 1.75 bits per heavy atom. The number of likely N-dealkylation sites (tertiary alicyclic amines) is 1.